The fourth-order valence-corrected chi connectivity index (χ4v) is 4.08. The number of urea groups is 1. The fourth-order valence-electron chi connectivity index (χ4n) is 3.86. The number of hydrogen-bond acceptors (Lipinski definition) is 6. The number of fused-ring (bicyclic) bond motifs is 1. The van der Waals surface area contributed by atoms with E-state index in [9.17, 15) is 35.6 Å². The van der Waals surface area contributed by atoms with E-state index >= 15 is 0 Å². The molecule has 0 saturated carbocycles. The Balaban J connectivity index is 0.000000892. The first-order valence-electron chi connectivity index (χ1n) is 11.7. The fraction of sp³-hybridized carbons (Fsp3) is 0.192. The van der Waals surface area contributed by atoms with Gasteiger partial charge in [0.25, 0.3) is 15.7 Å². The maximum atomic E-state index is 14.7. The van der Waals surface area contributed by atoms with Gasteiger partial charge in [0.1, 0.15) is 11.6 Å². The number of anilines is 3. The van der Waals surface area contributed by atoms with Crippen LogP contribution in [-0.4, -0.2) is 41.9 Å². The smallest absolute Gasteiger partial charge is 0.373 e. The van der Waals surface area contributed by atoms with Crippen molar-refractivity contribution in [2.45, 2.75) is 13.1 Å². The van der Waals surface area contributed by atoms with Gasteiger partial charge in [0.2, 0.25) is 0 Å². The van der Waals surface area contributed by atoms with E-state index in [-0.39, 0.29) is 22.5 Å². The summed E-state index contributed by atoms with van der Waals surface area (Å²) in [5, 5.41) is 7.56. The molecular formula is C26H24ClF4N5O5S. The van der Waals surface area contributed by atoms with E-state index in [1.54, 1.807) is 39.3 Å². The van der Waals surface area contributed by atoms with Crippen molar-refractivity contribution < 1.29 is 35.3 Å². The zero-order valence-electron chi connectivity index (χ0n) is 22.4. The van der Waals surface area contributed by atoms with Crippen molar-refractivity contribution in [2.75, 3.05) is 29.3 Å². The van der Waals surface area contributed by atoms with E-state index in [0.29, 0.717) is 40.2 Å². The molecule has 42 heavy (non-hydrogen) atoms. The van der Waals surface area contributed by atoms with Crippen LogP contribution in [0.4, 0.5) is 39.5 Å². The van der Waals surface area contributed by atoms with Crippen LogP contribution in [-0.2, 0) is 23.3 Å². The van der Waals surface area contributed by atoms with Gasteiger partial charge in [-0.15, -0.1) is 0 Å². The lowest BCUT2D eigenvalue weighted by Gasteiger charge is -2.15. The first-order chi connectivity index (χ1) is 19.4. The Kier molecular flexibility index (Phi) is 9.49. The Morgan fingerprint density at radius 3 is 2.31 bits per heavy atom. The van der Waals surface area contributed by atoms with Gasteiger partial charge in [0, 0.05) is 43.0 Å². The molecule has 4 aromatic rings. The molecule has 0 radical (unpaired) electrons. The molecule has 4 N–H and O–H groups in total. The number of halogens is 5. The number of benzene rings is 2. The molecule has 0 aliphatic rings. The number of nitrogens with one attached hydrogen (secondary N) is 3. The number of pyridine rings is 2. The largest absolute Gasteiger partial charge is 0.417 e. The first-order valence-corrected chi connectivity index (χ1v) is 14.0. The molecule has 2 aromatic heterocycles. The first kappa shape index (κ1) is 32.3. The van der Waals surface area contributed by atoms with Gasteiger partial charge < -0.3 is 20.5 Å². The van der Waals surface area contributed by atoms with Crippen LogP contribution in [0.1, 0.15) is 11.1 Å². The monoisotopic (exact) mass is 629 g/mol. The van der Waals surface area contributed by atoms with Crippen LogP contribution in [0.15, 0.2) is 53.5 Å². The molecule has 0 atom stereocenters. The summed E-state index contributed by atoms with van der Waals surface area (Å²) in [4.78, 5) is 29.9. The Labute approximate surface area is 242 Å². The van der Waals surface area contributed by atoms with E-state index in [4.69, 9.17) is 16.2 Å². The third-order valence-corrected chi connectivity index (χ3v) is 6.08. The van der Waals surface area contributed by atoms with E-state index < -0.39 is 38.7 Å². The van der Waals surface area contributed by atoms with Gasteiger partial charge in [0.15, 0.2) is 0 Å². The molecule has 0 aliphatic carbocycles. The second kappa shape index (κ2) is 12.3. The molecule has 224 valence electrons. The molecule has 0 unspecified atom stereocenters. The average Bonchev–Trinajstić information content (AvgIpc) is 2.87. The summed E-state index contributed by atoms with van der Waals surface area (Å²) in [5.41, 5.74) is -0.261. The predicted octanol–water partition coefficient (Wildman–Crippen LogP) is 5.91. The molecule has 2 aromatic carbocycles. The van der Waals surface area contributed by atoms with Crippen molar-refractivity contribution in [3.8, 4) is 11.1 Å². The van der Waals surface area contributed by atoms with Crippen molar-refractivity contribution >= 4 is 55.8 Å². The highest BCUT2D eigenvalue weighted by molar-refractivity contribution is 7.85. The van der Waals surface area contributed by atoms with Crippen LogP contribution >= 0.6 is 11.6 Å². The summed E-state index contributed by atoms with van der Waals surface area (Å²) in [6.45, 7) is 1.61. The van der Waals surface area contributed by atoms with Crippen LogP contribution in [0.3, 0.4) is 0 Å². The van der Waals surface area contributed by atoms with Crippen LogP contribution in [0.5, 0.6) is 0 Å². The van der Waals surface area contributed by atoms with Gasteiger partial charge >= 0.3 is 12.2 Å². The second-order valence-electron chi connectivity index (χ2n) is 8.95. The van der Waals surface area contributed by atoms with E-state index in [1.807, 2.05) is 0 Å². The molecule has 0 bridgehead atoms. The molecule has 2 heterocycles. The number of alkyl halides is 3. The summed E-state index contributed by atoms with van der Waals surface area (Å²) >= 11 is 5.60. The van der Waals surface area contributed by atoms with Crippen LogP contribution in [0.2, 0.25) is 5.02 Å². The molecular weight excluding hydrogens is 606 g/mol. The standard InChI is InChI=1S/C25H20ClF4N5O2.CH4O3S/c1-12-6-19(27)20(34-24(37)33-14-4-5-18(26)17(8-14)25(28,29)30)9-15(12)16-7-13-11-32-22(31-2)10-21(13)35(3)23(16)36;1-5(2,3)4/h4-11H,1-3H3,(H,31,32)(H2,33,34,37);1H3,(H,2,3,4). The van der Waals surface area contributed by atoms with Crippen molar-refractivity contribution in [1.29, 1.82) is 0 Å². The number of amides is 2. The van der Waals surface area contributed by atoms with Gasteiger partial charge in [-0.1, -0.05) is 11.6 Å². The Hall–Kier alpha value is -4.21. The number of aryl methyl sites for hydroxylation is 2. The lowest BCUT2D eigenvalue weighted by Crippen LogP contribution is -2.21. The number of carbonyl (C=O) groups excluding carboxylic acids is 1. The number of hydrogen-bond donors (Lipinski definition) is 4. The number of rotatable bonds is 4. The summed E-state index contributed by atoms with van der Waals surface area (Å²) in [5.74, 6) is -0.213. The molecule has 2 amide bonds. The molecule has 10 nitrogen and oxygen atoms in total. The average molecular weight is 630 g/mol. The van der Waals surface area contributed by atoms with E-state index in [0.717, 1.165) is 12.1 Å². The third kappa shape index (κ3) is 7.96. The normalized spacial score (nSPS) is 11.5. The van der Waals surface area contributed by atoms with Gasteiger partial charge in [-0.25, -0.2) is 14.2 Å². The third-order valence-electron chi connectivity index (χ3n) is 5.75. The highest BCUT2D eigenvalue weighted by atomic mass is 35.5. The summed E-state index contributed by atoms with van der Waals surface area (Å²) in [7, 11) is -0.365. The minimum absolute atomic E-state index is 0.196. The van der Waals surface area contributed by atoms with Gasteiger partial charge in [0.05, 0.1) is 28.0 Å². The van der Waals surface area contributed by atoms with Crippen LogP contribution < -0.4 is 21.5 Å². The van der Waals surface area contributed by atoms with E-state index in [2.05, 4.69) is 20.9 Å². The van der Waals surface area contributed by atoms with Gasteiger partial charge in [-0.3, -0.25) is 9.35 Å². The summed E-state index contributed by atoms with van der Waals surface area (Å²) < 4.78 is 81.4. The summed E-state index contributed by atoms with van der Waals surface area (Å²) in [6.07, 6.45) is -2.41. The van der Waals surface area contributed by atoms with Crippen molar-refractivity contribution in [3.05, 3.63) is 81.0 Å². The maximum absolute atomic E-state index is 14.7. The Bertz CT molecular complexity index is 1840. The Morgan fingerprint density at radius 2 is 1.71 bits per heavy atom. The minimum atomic E-state index is -4.72. The molecule has 0 fully saturated rings. The summed E-state index contributed by atoms with van der Waals surface area (Å²) in [6, 6.07) is 7.66. The highest BCUT2D eigenvalue weighted by Crippen LogP contribution is 2.36. The molecule has 0 saturated heterocycles. The van der Waals surface area contributed by atoms with Crippen molar-refractivity contribution in [2.24, 2.45) is 7.05 Å². The number of aromatic nitrogens is 2. The van der Waals surface area contributed by atoms with Crippen LogP contribution in [0, 0.1) is 12.7 Å². The zero-order valence-corrected chi connectivity index (χ0v) is 24.0. The van der Waals surface area contributed by atoms with Gasteiger partial charge in [-0.2, -0.15) is 21.6 Å². The predicted molar refractivity (Wildman–Crippen MR) is 153 cm³/mol. The SMILES string of the molecule is CNc1cc2c(cn1)cc(-c1cc(NC(=O)Nc3ccc(Cl)c(C(F)(F)F)c3)c(F)cc1C)c(=O)n2C.CS(=O)(=O)O. The lowest BCUT2D eigenvalue weighted by atomic mass is 9.99. The molecule has 0 aliphatic heterocycles. The van der Waals surface area contributed by atoms with Crippen LogP contribution in [0.25, 0.3) is 22.0 Å². The van der Waals surface area contributed by atoms with Crippen molar-refractivity contribution in [3.63, 3.8) is 0 Å². The maximum Gasteiger partial charge on any atom is 0.417 e. The second-order valence-corrected chi connectivity index (χ2v) is 10.8. The molecule has 4 rings (SSSR count). The quantitative estimate of drug-likeness (QED) is 0.162. The number of carbonyl (C=O) groups is 1. The Morgan fingerprint density at radius 1 is 1.07 bits per heavy atom. The van der Waals surface area contributed by atoms with Gasteiger partial charge in [-0.05, 0) is 54.4 Å². The van der Waals surface area contributed by atoms with E-state index in [1.165, 1.54) is 16.7 Å². The number of nitrogens with zero attached hydrogens (tertiary/aromatic N) is 2. The minimum Gasteiger partial charge on any atom is -0.373 e. The topological polar surface area (TPSA) is 142 Å². The zero-order chi connectivity index (χ0) is 31.6. The highest BCUT2D eigenvalue weighted by Gasteiger charge is 2.33. The molecule has 16 heteroatoms. The molecule has 0 spiro atoms. The van der Waals surface area contributed by atoms with Crippen molar-refractivity contribution in [1.82, 2.24) is 9.55 Å². The lowest BCUT2D eigenvalue weighted by molar-refractivity contribution is -0.137.